The van der Waals surface area contributed by atoms with Crippen molar-refractivity contribution in [2.75, 3.05) is 12.4 Å². The molecule has 1 saturated carbocycles. The van der Waals surface area contributed by atoms with Crippen molar-refractivity contribution in [1.82, 2.24) is 4.98 Å². The molecule has 0 aliphatic heterocycles. The second kappa shape index (κ2) is 5.16. The van der Waals surface area contributed by atoms with Gasteiger partial charge in [-0.3, -0.25) is 0 Å². The third kappa shape index (κ3) is 2.64. The SMILES string of the molecule is COc1ccc(NC2CCCCC2O)cn1. The van der Waals surface area contributed by atoms with E-state index < -0.39 is 0 Å². The van der Waals surface area contributed by atoms with Gasteiger partial charge in [-0.2, -0.15) is 0 Å². The summed E-state index contributed by atoms with van der Waals surface area (Å²) in [6.07, 6.45) is 5.71. The highest BCUT2D eigenvalue weighted by atomic mass is 16.5. The lowest BCUT2D eigenvalue weighted by Gasteiger charge is -2.29. The molecule has 2 rings (SSSR count). The van der Waals surface area contributed by atoms with Crippen LogP contribution in [0, 0.1) is 0 Å². The molecule has 0 amide bonds. The second-order valence-electron chi connectivity index (χ2n) is 4.19. The van der Waals surface area contributed by atoms with Crippen molar-refractivity contribution in [3.8, 4) is 5.88 Å². The molecule has 2 N–H and O–H groups in total. The number of hydrogen-bond acceptors (Lipinski definition) is 4. The van der Waals surface area contributed by atoms with Crippen LogP contribution in [-0.4, -0.2) is 29.3 Å². The Morgan fingerprint density at radius 2 is 2.19 bits per heavy atom. The number of methoxy groups -OCH3 is 1. The van der Waals surface area contributed by atoms with Gasteiger partial charge in [0.25, 0.3) is 0 Å². The average Bonchev–Trinajstić information content (AvgIpc) is 2.33. The lowest BCUT2D eigenvalue weighted by Crippen LogP contribution is -2.36. The summed E-state index contributed by atoms with van der Waals surface area (Å²) in [5.41, 5.74) is 0.937. The summed E-state index contributed by atoms with van der Waals surface area (Å²) in [5, 5.41) is 13.1. The maximum atomic E-state index is 9.82. The van der Waals surface area contributed by atoms with Crippen molar-refractivity contribution in [2.24, 2.45) is 0 Å². The zero-order chi connectivity index (χ0) is 11.4. The molecule has 2 unspecified atom stereocenters. The molecule has 1 heterocycles. The van der Waals surface area contributed by atoms with E-state index in [-0.39, 0.29) is 12.1 Å². The molecule has 0 spiro atoms. The summed E-state index contributed by atoms with van der Waals surface area (Å²) in [7, 11) is 1.60. The number of pyridine rings is 1. The van der Waals surface area contributed by atoms with Crippen LogP contribution in [0.15, 0.2) is 18.3 Å². The third-order valence-electron chi connectivity index (χ3n) is 3.03. The fourth-order valence-electron chi connectivity index (χ4n) is 2.08. The number of aliphatic hydroxyl groups is 1. The summed E-state index contributed by atoms with van der Waals surface area (Å²) in [6, 6.07) is 3.90. The van der Waals surface area contributed by atoms with Crippen LogP contribution in [-0.2, 0) is 0 Å². The molecule has 0 aromatic carbocycles. The van der Waals surface area contributed by atoms with Gasteiger partial charge in [0.1, 0.15) is 0 Å². The molecular formula is C12H18N2O2. The van der Waals surface area contributed by atoms with Crippen LogP contribution in [0.3, 0.4) is 0 Å². The average molecular weight is 222 g/mol. The van der Waals surface area contributed by atoms with Crippen LogP contribution < -0.4 is 10.1 Å². The van der Waals surface area contributed by atoms with E-state index in [1.807, 2.05) is 12.1 Å². The van der Waals surface area contributed by atoms with E-state index in [1.54, 1.807) is 13.3 Å². The Labute approximate surface area is 95.7 Å². The molecule has 4 heteroatoms. The molecule has 88 valence electrons. The Morgan fingerprint density at radius 1 is 1.38 bits per heavy atom. The fourth-order valence-corrected chi connectivity index (χ4v) is 2.08. The van der Waals surface area contributed by atoms with Gasteiger partial charge in [0.2, 0.25) is 5.88 Å². The zero-order valence-corrected chi connectivity index (χ0v) is 9.52. The Hall–Kier alpha value is -1.29. The monoisotopic (exact) mass is 222 g/mol. The van der Waals surface area contributed by atoms with Gasteiger partial charge < -0.3 is 15.2 Å². The standard InChI is InChI=1S/C12H18N2O2/c1-16-12-7-6-9(8-13-12)14-10-4-2-3-5-11(10)15/h6-8,10-11,14-15H,2-5H2,1H3. The Bertz CT molecular complexity index is 326. The number of rotatable bonds is 3. The van der Waals surface area contributed by atoms with Gasteiger partial charge in [-0.05, 0) is 18.9 Å². The minimum Gasteiger partial charge on any atom is -0.481 e. The molecule has 0 radical (unpaired) electrons. The molecule has 4 nitrogen and oxygen atoms in total. The number of nitrogens with zero attached hydrogens (tertiary/aromatic N) is 1. The van der Waals surface area contributed by atoms with Crippen LogP contribution in [0.4, 0.5) is 5.69 Å². The lowest BCUT2D eigenvalue weighted by atomic mass is 9.92. The number of ether oxygens (including phenoxy) is 1. The van der Waals surface area contributed by atoms with Crippen LogP contribution in [0.5, 0.6) is 5.88 Å². The highest BCUT2D eigenvalue weighted by Gasteiger charge is 2.22. The van der Waals surface area contributed by atoms with Gasteiger partial charge in [0, 0.05) is 6.07 Å². The highest BCUT2D eigenvalue weighted by Crippen LogP contribution is 2.22. The molecule has 2 atom stereocenters. The van der Waals surface area contributed by atoms with E-state index >= 15 is 0 Å². The molecule has 1 aliphatic rings. The van der Waals surface area contributed by atoms with Crippen molar-refractivity contribution < 1.29 is 9.84 Å². The van der Waals surface area contributed by atoms with E-state index in [9.17, 15) is 5.11 Å². The van der Waals surface area contributed by atoms with Gasteiger partial charge >= 0.3 is 0 Å². The van der Waals surface area contributed by atoms with E-state index in [1.165, 1.54) is 6.42 Å². The zero-order valence-electron chi connectivity index (χ0n) is 9.52. The molecule has 1 aliphatic carbocycles. The predicted molar refractivity (Wildman–Crippen MR) is 62.7 cm³/mol. The van der Waals surface area contributed by atoms with Gasteiger partial charge in [-0.25, -0.2) is 4.98 Å². The summed E-state index contributed by atoms with van der Waals surface area (Å²) in [5.74, 6) is 0.606. The molecule has 16 heavy (non-hydrogen) atoms. The molecular weight excluding hydrogens is 204 g/mol. The highest BCUT2D eigenvalue weighted by molar-refractivity contribution is 5.43. The van der Waals surface area contributed by atoms with Crippen LogP contribution in [0.1, 0.15) is 25.7 Å². The van der Waals surface area contributed by atoms with Crippen LogP contribution >= 0.6 is 0 Å². The van der Waals surface area contributed by atoms with Crippen molar-refractivity contribution in [3.63, 3.8) is 0 Å². The Balaban J connectivity index is 1.96. The van der Waals surface area contributed by atoms with E-state index in [0.29, 0.717) is 5.88 Å². The first-order valence-electron chi connectivity index (χ1n) is 5.74. The van der Waals surface area contributed by atoms with E-state index in [4.69, 9.17) is 4.74 Å². The maximum Gasteiger partial charge on any atom is 0.213 e. The third-order valence-corrected chi connectivity index (χ3v) is 3.03. The van der Waals surface area contributed by atoms with Crippen molar-refractivity contribution in [2.45, 2.75) is 37.8 Å². The Morgan fingerprint density at radius 3 is 2.81 bits per heavy atom. The number of aromatic nitrogens is 1. The Kier molecular flexibility index (Phi) is 3.62. The normalized spacial score (nSPS) is 25.1. The van der Waals surface area contributed by atoms with Gasteiger partial charge in [0.15, 0.2) is 0 Å². The number of hydrogen-bond donors (Lipinski definition) is 2. The second-order valence-corrected chi connectivity index (χ2v) is 4.19. The first kappa shape index (κ1) is 11.2. The summed E-state index contributed by atoms with van der Waals surface area (Å²) >= 11 is 0. The smallest absolute Gasteiger partial charge is 0.213 e. The largest absolute Gasteiger partial charge is 0.481 e. The molecule has 1 fully saturated rings. The van der Waals surface area contributed by atoms with E-state index in [0.717, 1.165) is 24.9 Å². The summed E-state index contributed by atoms with van der Waals surface area (Å²) < 4.78 is 4.99. The van der Waals surface area contributed by atoms with E-state index in [2.05, 4.69) is 10.3 Å². The first-order valence-corrected chi connectivity index (χ1v) is 5.74. The number of anilines is 1. The lowest BCUT2D eigenvalue weighted by molar-refractivity contribution is 0.116. The topological polar surface area (TPSA) is 54.4 Å². The van der Waals surface area contributed by atoms with Crippen molar-refractivity contribution in [3.05, 3.63) is 18.3 Å². The van der Waals surface area contributed by atoms with Gasteiger partial charge in [-0.15, -0.1) is 0 Å². The van der Waals surface area contributed by atoms with Gasteiger partial charge in [-0.1, -0.05) is 12.8 Å². The molecule has 1 aromatic heterocycles. The van der Waals surface area contributed by atoms with Crippen LogP contribution in [0.25, 0.3) is 0 Å². The van der Waals surface area contributed by atoms with Crippen molar-refractivity contribution >= 4 is 5.69 Å². The van der Waals surface area contributed by atoms with Gasteiger partial charge in [0.05, 0.1) is 31.1 Å². The van der Waals surface area contributed by atoms with Crippen molar-refractivity contribution in [1.29, 1.82) is 0 Å². The maximum absolute atomic E-state index is 9.82. The molecule has 1 aromatic rings. The summed E-state index contributed by atoms with van der Waals surface area (Å²) in [4.78, 5) is 4.12. The first-order chi connectivity index (χ1) is 7.79. The summed E-state index contributed by atoms with van der Waals surface area (Å²) in [6.45, 7) is 0. The number of aliphatic hydroxyl groups excluding tert-OH is 1. The molecule has 0 bridgehead atoms. The quantitative estimate of drug-likeness (QED) is 0.819. The minimum absolute atomic E-state index is 0.156. The fraction of sp³-hybridized carbons (Fsp3) is 0.583. The van der Waals surface area contributed by atoms with Crippen LogP contribution in [0.2, 0.25) is 0 Å². The number of nitrogens with one attached hydrogen (secondary N) is 1. The molecule has 0 saturated heterocycles. The predicted octanol–water partition coefficient (Wildman–Crippen LogP) is 1.81. The minimum atomic E-state index is -0.240.